The molecule has 2 aromatic carbocycles. The van der Waals surface area contributed by atoms with Crippen LogP contribution in [0.15, 0.2) is 64.5 Å². The van der Waals surface area contributed by atoms with E-state index in [1.165, 1.54) is 12.1 Å². The molecule has 3 rings (SSSR count). The van der Waals surface area contributed by atoms with Crippen molar-refractivity contribution in [2.45, 2.75) is 62.7 Å². The zero-order valence-corrected chi connectivity index (χ0v) is 24.0. The van der Waals surface area contributed by atoms with E-state index in [1.807, 2.05) is 31.2 Å². The van der Waals surface area contributed by atoms with Crippen LogP contribution in [-0.2, 0) is 26.1 Å². The minimum atomic E-state index is -4.00. The lowest BCUT2D eigenvalue weighted by Crippen LogP contribution is -2.56. The molecule has 0 spiro atoms. The molecule has 0 aromatic heterocycles. The zero-order chi connectivity index (χ0) is 30.5. The Morgan fingerprint density at radius 3 is 2.17 bits per heavy atom. The van der Waals surface area contributed by atoms with E-state index >= 15 is 0 Å². The van der Waals surface area contributed by atoms with E-state index in [4.69, 9.17) is 16.0 Å². The van der Waals surface area contributed by atoms with Gasteiger partial charge in [-0.05, 0) is 62.3 Å². The predicted octanol–water partition coefficient (Wildman–Crippen LogP) is 0.698. The Morgan fingerprint density at radius 1 is 1.02 bits per heavy atom. The number of nitrogens with zero attached hydrogens (tertiary/aromatic N) is 1. The largest absolute Gasteiger partial charge is 0.475 e. The molecule has 0 saturated heterocycles. The minimum absolute atomic E-state index is 0.0441. The van der Waals surface area contributed by atoms with Crippen molar-refractivity contribution in [3.63, 3.8) is 0 Å². The lowest BCUT2D eigenvalue weighted by Gasteiger charge is -2.29. The van der Waals surface area contributed by atoms with E-state index < -0.39 is 34.5 Å². The maximum Gasteiger partial charge on any atom is 0.475 e. The Labute approximate surface area is 241 Å². The highest BCUT2D eigenvalue weighted by atomic mass is 32.2. The van der Waals surface area contributed by atoms with Crippen LogP contribution in [0.1, 0.15) is 49.7 Å². The molecule has 0 heterocycles. The number of aliphatic imine (C=N–C) groups is 1. The molecule has 12 nitrogen and oxygen atoms in total. The van der Waals surface area contributed by atoms with Crippen molar-refractivity contribution in [3.05, 3.63) is 65.7 Å². The van der Waals surface area contributed by atoms with Gasteiger partial charge >= 0.3 is 7.12 Å². The Kier molecular flexibility index (Phi) is 13.3. The van der Waals surface area contributed by atoms with Crippen LogP contribution in [0.3, 0.4) is 0 Å². The lowest BCUT2D eigenvalue weighted by molar-refractivity contribution is -0.143. The van der Waals surface area contributed by atoms with Gasteiger partial charge in [0, 0.05) is 13.1 Å². The van der Waals surface area contributed by atoms with E-state index in [0.29, 0.717) is 38.8 Å². The van der Waals surface area contributed by atoms with Crippen molar-refractivity contribution >= 4 is 35.0 Å². The summed E-state index contributed by atoms with van der Waals surface area (Å²) < 4.78 is 29.2. The van der Waals surface area contributed by atoms with Crippen LogP contribution in [0.25, 0.3) is 0 Å². The first-order chi connectivity index (χ1) is 19.4. The van der Waals surface area contributed by atoms with Gasteiger partial charge in [-0.1, -0.05) is 55.3 Å². The Morgan fingerprint density at radius 2 is 1.63 bits per heavy atom. The second-order valence-corrected chi connectivity index (χ2v) is 11.4. The van der Waals surface area contributed by atoms with Crippen LogP contribution < -0.4 is 22.1 Å². The quantitative estimate of drug-likeness (QED) is 0.0462. The molecular formula is C27H40BN5O7S. The molecule has 2 aromatic rings. The lowest BCUT2D eigenvalue weighted by atomic mass is 9.75. The van der Waals surface area contributed by atoms with Gasteiger partial charge in [0.25, 0.3) is 10.1 Å². The first-order valence-electron chi connectivity index (χ1n) is 13.4. The normalized spacial score (nSPS) is 14.6. The highest BCUT2D eigenvalue weighted by molar-refractivity contribution is 7.85. The summed E-state index contributed by atoms with van der Waals surface area (Å²) in [5, 5.41) is 25.0. The van der Waals surface area contributed by atoms with Gasteiger partial charge in [0.1, 0.15) is 5.41 Å². The molecule has 1 saturated carbocycles. The van der Waals surface area contributed by atoms with Gasteiger partial charge < -0.3 is 32.1 Å². The van der Waals surface area contributed by atoms with Crippen molar-refractivity contribution < 1.29 is 32.6 Å². The number of rotatable bonds is 12. The van der Waals surface area contributed by atoms with Gasteiger partial charge in [-0.15, -0.1) is 0 Å². The third kappa shape index (κ3) is 10.8. The molecule has 1 unspecified atom stereocenters. The second kappa shape index (κ2) is 16.1. The molecule has 14 heteroatoms. The summed E-state index contributed by atoms with van der Waals surface area (Å²) in [4.78, 5) is 29.9. The highest BCUT2D eigenvalue weighted by Gasteiger charge is 2.48. The zero-order valence-electron chi connectivity index (χ0n) is 23.2. The molecule has 1 fully saturated rings. The summed E-state index contributed by atoms with van der Waals surface area (Å²) in [5.74, 6) is -1.71. The third-order valence-corrected chi connectivity index (χ3v) is 7.82. The molecule has 1 atom stereocenters. The SMILES string of the molecule is Cc1ccccc1CCNC(=O)C1(C(=O)NC(CCCN=C(N)N)B(O)O)CCCC1.O=S(=O)(O)c1ccccc1. The average Bonchev–Trinajstić information content (AvgIpc) is 3.43. The first kappa shape index (κ1) is 33.7. The fourth-order valence-electron chi connectivity index (χ4n) is 4.62. The number of hydrogen-bond acceptors (Lipinski definition) is 7. The predicted molar refractivity (Wildman–Crippen MR) is 157 cm³/mol. The maximum absolute atomic E-state index is 13.1. The Hall–Kier alpha value is -3.46. The van der Waals surface area contributed by atoms with Crippen molar-refractivity contribution in [2.75, 3.05) is 13.1 Å². The molecule has 2 amide bonds. The number of carbonyl (C=O) groups excluding carboxylic acids is 2. The number of aryl methyl sites for hydroxylation is 1. The van der Waals surface area contributed by atoms with Gasteiger partial charge in [0.2, 0.25) is 11.8 Å². The number of guanidine groups is 1. The number of carbonyl (C=O) groups is 2. The summed E-state index contributed by atoms with van der Waals surface area (Å²) >= 11 is 0. The highest BCUT2D eigenvalue weighted by Crippen LogP contribution is 2.39. The van der Waals surface area contributed by atoms with Crippen LogP contribution in [-0.4, -0.2) is 66.9 Å². The smallest absolute Gasteiger partial charge is 0.426 e. The summed E-state index contributed by atoms with van der Waals surface area (Å²) in [6, 6.07) is 15.4. The van der Waals surface area contributed by atoms with Crippen molar-refractivity contribution in [1.82, 2.24) is 10.6 Å². The second-order valence-electron chi connectivity index (χ2n) is 9.95. The molecule has 224 valence electrons. The Bertz CT molecular complexity index is 1270. The summed E-state index contributed by atoms with van der Waals surface area (Å²) in [6.45, 7) is 2.77. The number of hydrogen-bond donors (Lipinski definition) is 7. The molecule has 1 aliphatic carbocycles. The first-order valence-corrected chi connectivity index (χ1v) is 14.9. The summed E-state index contributed by atoms with van der Waals surface area (Å²) in [5.41, 5.74) is 11.7. The Balaban J connectivity index is 0.000000493. The molecule has 0 aliphatic heterocycles. The average molecular weight is 590 g/mol. The summed E-state index contributed by atoms with van der Waals surface area (Å²) in [6.07, 6.45) is 3.83. The monoisotopic (exact) mass is 589 g/mol. The van der Waals surface area contributed by atoms with Crippen LogP contribution in [0.5, 0.6) is 0 Å². The molecule has 9 N–H and O–H groups in total. The topological polar surface area (TPSA) is 217 Å². The van der Waals surface area contributed by atoms with Gasteiger partial charge in [0.05, 0.1) is 10.8 Å². The number of benzene rings is 2. The van der Waals surface area contributed by atoms with Gasteiger partial charge in [-0.3, -0.25) is 19.1 Å². The van der Waals surface area contributed by atoms with Gasteiger partial charge in [-0.25, -0.2) is 0 Å². The van der Waals surface area contributed by atoms with E-state index in [2.05, 4.69) is 15.6 Å². The molecule has 1 aliphatic rings. The van der Waals surface area contributed by atoms with Crippen molar-refractivity contribution in [1.29, 1.82) is 0 Å². The minimum Gasteiger partial charge on any atom is -0.426 e. The van der Waals surface area contributed by atoms with E-state index in [9.17, 15) is 28.1 Å². The van der Waals surface area contributed by atoms with Crippen LogP contribution in [0.2, 0.25) is 0 Å². The maximum atomic E-state index is 13.1. The van der Waals surface area contributed by atoms with Gasteiger partial charge in [0.15, 0.2) is 5.96 Å². The van der Waals surface area contributed by atoms with Gasteiger partial charge in [-0.2, -0.15) is 8.42 Å². The van der Waals surface area contributed by atoms with Crippen molar-refractivity contribution in [3.8, 4) is 0 Å². The van der Waals surface area contributed by atoms with E-state index in [0.717, 1.165) is 24.0 Å². The molecule has 0 radical (unpaired) electrons. The molecule has 0 bridgehead atoms. The number of nitrogens with one attached hydrogen (secondary N) is 2. The number of amides is 2. The molecular weight excluding hydrogens is 549 g/mol. The van der Waals surface area contributed by atoms with Crippen LogP contribution in [0.4, 0.5) is 0 Å². The number of nitrogens with two attached hydrogens (primary N) is 2. The van der Waals surface area contributed by atoms with Crippen LogP contribution >= 0.6 is 0 Å². The molecule has 41 heavy (non-hydrogen) atoms. The summed E-state index contributed by atoms with van der Waals surface area (Å²) in [7, 11) is -5.75. The fraction of sp³-hybridized carbons (Fsp3) is 0.444. The third-order valence-electron chi connectivity index (χ3n) is 6.95. The standard InChI is InChI=1S/C21H34BN5O4.C6H6O3S/c1-15-7-2-3-8-16(15)10-14-25-18(28)21(11-4-5-12-21)19(29)27-17(22(30)31)9-6-13-26-20(23)24;7-10(8,9)6-4-2-1-3-5-6/h2-3,7-8,17,30-31H,4-6,9-14H2,1H3,(H,25,28)(H,27,29)(H4,23,24,26);1-5H,(H,7,8,9). The van der Waals surface area contributed by atoms with Crippen LogP contribution in [0, 0.1) is 12.3 Å². The fourth-order valence-corrected chi connectivity index (χ4v) is 5.12. The van der Waals surface area contributed by atoms with E-state index in [-0.39, 0.29) is 23.2 Å². The van der Waals surface area contributed by atoms with E-state index in [1.54, 1.807) is 18.2 Å². The van der Waals surface area contributed by atoms with Crippen molar-refractivity contribution in [2.24, 2.45) is 21.9 Å².